The Labute approximate surface area is 127 Å². The third-order valence-corrected chi connectivity index (χ3v) is 3.44. The molecule has 0 amide bonds. The van der Waals surface area contributed by atoms with E-state index in [-0.39, 0.29) is 23.0 Å². The molecule has 0 aliphatic carbocycles. The van der Waals surface area contributed by atoms with Crippen LogP contribution in [-0.4, -0.2) is 18.9 Å². The lowest BCUT2D eigenvalue weighted by molar-refractivity contribution is -0.123. The summed E-state index contributed by atoms with van der Waals surface area (Å²) in [6, 6.07) is 7.60. The largest absolute Gasteiger partial charge is 0.315 e. The number of nitrogens with one attached hydrogen (secondary N) is 1. The second-order valence-electron chi connectivity index (χ2n) is 6.85. The SMILES string of the molecule is CC(C)C(=O)C(CNCC(C)(C)C)c1ccc(Cl)cc1. The fraction of sp³-hybridized carbons (Fsp3) is 0.588. The molecule has 1 N–H and O–H groups in total. The van der Waals surface area contributed by atoms with Gasteiger partial charge in [0.05, 0.1) is 5.92 Å². The van der Waals surface area contributed by atoms with Gasteiger partial charge in [-0.25, -0.2) is 0 Å². The summed E-state index contributed by atoms with van der Waals surface area (Å²) in [7, 11) is 0. The predicted octanol–water partition coefficient (Wildman–Crippen LogP) is 4.28. The van der Waals surface area contributed by atoms with E-state index in [1.165, 1.54) is 0 Å². The molecule has 2 nitrogen and oxygen atoms in total. The fourth-order valence-electron chi connectivity index (χ4n) is 2.07. The van der Waals surface area contributed by atoms with E-state index in [9.17, 15) is 4.79 Å². The molecule has 0 aliphatic rings. The van der Waals surface area contributed by atoms with Crippen molar-refractivity contribution in [2.45, 2.75) is 40.5 Å². The maximum absolute atomic E-state index is 12.4. The van der Waals surface area contributed by atoms with Crippen LogP contribution in [0.15, 0.2) is 24.3 Å². The van der Waals surface area contributed by atoms with Crippen LogP contribution in [0, 0.1) is 11.3 Å². The summed E-state index contributed by atoms with van der Waals surface area (Å²) in [6.07, 6.45) is 0. The number of rotatable bonds is 6. The number of hydrogen-bond acceptors (Lipinski definition) is 2. The number of Topliss-reactive ketones (excluding diaryl/α,β-unsaturated/α-hetero) is 1. The van der Waals surface area contributed by atoms with Gasteiger partial charge in [-0.05, 0) is 23.1 Å². The van der Waals surface area contributed by atoms with Gasteiger partial charge in [-0.1, -0.05) is 58.4 Å². The Kier molecular flexibility index (Phi) is 6.22. The Hall–Kier alpha value is -0.860. The first kappa shape index (κ1) is 17.2. The Morgan fingerprint density at radius 3 is 2.20 bits per heavy atom. The highest BCUT2D eigenvalue weighted by atomic mass is 35.5. The molecule has 1 unspecified atom stereocenters. The van der Waals surface area contributed by atoms with Crippen LogP contribution in [0.4, 0.5) is 0 Å². The van der Waals surface area contributed by atoms with Crippen molar-refractivity contribution < 1.29 is 4.79 Å². The van der Waals surface area contributed by atoms with E-state index >= 15 is 0 Å². The van der Waals surface area contributed by atoms with Gasteiger partial charge in [0, 0.05) is 24.0 Å². The molecule has 0 saturated carbocycles. The zero-order chi connectivity index (χ0) is 15.3. The molecule has 0 saturated heterocycles. The maximum atomic E-state index is 12.4. The second kappa shape index (κ2) is 7.24. The predicted molar refractivity (Wildman–Crippen MR) is 86.4 cm³/mol. The third-order valence-electron chi connectivity index (χ3n) is 3.19. The van der Waals surface area contributed by atoms with Gasteiger partial charge in [0.2, 0.25) is 0 Å². The van der Waals surface area contributed by atoms with E-state index in [1.807, 2.05) is 38.1 Å². The Bertz CT molecular complexity index is 431. The van der Waals surface area contributed by atoms with Crippen molar-refractivity contribution in [2.75, 3.05) is 13.1 Å². The Morgan fingerprint density at radius 1 is 1.20 bits per heavy atom. The highest BCUT2D eigenvalue weighted by Crippen LogP contribution is 2.22. The van der Waals surface area contributed by atoms with E-state index in [1.54, 1.807) is 0 Å². The summed E-state index contributed by atoms with van der Waals surface area (Å²) in [5.74, 6) is 0.204. The third kappa shape index (κ3) is 5.64. The van der Waals surface area contributed by atoms with Crippen LogP contribution in [0.5, 0.6) is 0 Å². The van der Waals surface area contributed by atoms with Crippen molar-refractivity contribution in [3.05, 3.63) is 34.9 Å². The lowest BCUT2D eigenvalue weighted by atomic mass is 9.88. The van der Waals surface area contributed by atoms with Gasteiger partial charge in [-0.15, -0.1) is 0 Å². The lowest BCUT2D eigenvalue weighted by Gasteiger charge is -2.23. The molecule has 0 aromatic heterocycles. The highest BCUT2D eigenvalue weighted by molar-refractivity contribution is 6.30. The molecule has 3 heteroatoms. The second-order valence-corrected chi connectivity index (χ2v) is 7.29. The minimum Gasteiger partial charge on any atom is -0.315 e. The first-order chi connectivity index (χ1) is 9.20. The maximum Gasteiger partial charge on any atom is 0.144 e. The molecule has 0 heterocycles. The molecular formula is C17H26ClNO. The molecule has 0 fully saturated rings. The van der Waals surface area contributed by atoms with Crippen molar-refractivity contribution in [1.82, 2.24) is 5.32 Å². The van der Waals surface area contributed by atoms with E-state index < -0.39 is 0 Å². The minimum absolute atomic E-state index is 0.0344. The van der Waals surface area contributed by atoms with Crippen molar-refractivity contribution in [3.63, 3.8) is 0 Å². The number of halogens is 1. The number of carbonyl (C=O) groups excluding carboxylic acids is 1. The van der Waals surface area contributed by atoms with Gasteiger partial charge in [-0.3, -0.25) is 4.79 Å². The monoisotopic (exact) mass is 295 g/mol. The first-order valence-corrected chi connectivity index (χ1v) is 7.58. The zero-order valence-corrected chi connectivity index (χ0v) is 13.9. The van der Waals surface area contributed by atoms with Crippen LogP contribution in [0.3, 0.4) is 0 Å². The zero-order valence-electron chi connectivity index (χ0n) is 13.2. The van der Waals surface area contributed by atoms with Crippen molar-refractivity contribution in [3.8, 4) is 0 Å². The van der Waals surface area contributed by atoms with E-state index in [4.69, 9.17) is 11.6 Å². The summed E-state index contributed by atoms with van der Waals surface area (Å²) in [6.45, 7) is 12.0. The van der Waals surface area contributed by atoms with Crippen LogP contribution in [-0.2, 0) is 4.79 Å². The molecule has 0 bridgehead atoms. The summed E-state index contributed by atoms with van der Waals surface area (Å²) < 4.78 is 0. The molecule has 0 aliphatic heterocycles. The van der Waals surface area contributed by atoms with Gasteiger partial charge in [0.25, 0.3) is 0 Å². The minimum atomic E-state index is -0.102. The smallest absolute Gasteiger partial charge is 0.144 e. The van der Waals surface area contributed by atoms with Gasteiger partial charge in [-0.2, -0.15) is 0 Å². The van der Waals surface area contributed by atoms with Crippen molar-refractivity contribution in [1.29, 1.82) is 0 Å². The molecule has 0 spiro atoms. The number of carbonyl (C=O) groups is 1. The molecule has 1 aromatic carbocycles. The van der Waals surface area contributed by atoms with E-state index in [0.717, 1.165) is 12.1 Å². The summed E-state index contributed by atoms with van der Waals surface area (Å²) in [4.78, 5) is 12.4. The van der Waals surface area contributed by atoms with Crippen molar-refractivity contribution >= 4 is 17.4 Å². The molecule has 0 radical (unpaired) electrons. The lowest BCUT2D eigenvalue weighted by Crippen LogP contribution is -2.34. The fourth-order valence-corrected chi connectivity index (χ4v) is 2.20. The molecule has 112 valence electrons. The molecule has 1 aromatic rings. The molecule has 1 rings (SSSR count). The molecule has 1 atom stereocenters. The van der Waals surface area contributed by atoms with Crippen LogP contribution in [0.25, 0.3) is 0 Å². The standard InChI is InChI=1S/C17H26ClNO/c1-12(2)16(20)15(10-19-11-17(3,4)5)13-6-8-14(18)9-7-13/h6-9,12,15,19H,10-11H2,1-5H3. The van der Waals surface area contributed by atoms with Crippen molar-refractivity contribution in [2.24, 2.45) is 11.3 Å². The Morgan fingerprint density at radius 2 is 1.75 bits per heavy atom. The van der Waals surface area contributed by atoms with Crippen LogP contribution >= 0.6 is 11.6 Å². The summed E-state index contributed by atoms with van der Waals surface area (Å²) in [5.41, 5.74) is 1.25. The van der Waals surface area contributed by atoms with Gasteiger partial charge in [0.1, 0.15) is 5.78 Å². The average Bonchev–Trinajstić information content (AvgIpc) is 2.34. The van der Waals surface area contributed by atoms with E-state index in [2.05, 4.69) is 26.1 Å². The quantitative estimate of drug-likeness (QED) is 0.848. The Balaban J connectivity index is 2.81. The topological polar surface area (TPSA) is 29.1 Å². The molecule has 20 heavy (non-hydrogen) atoms. The normalized spacial score (nSPS) is 13.6. The number of benzene rings is 1. The number of hydrogen-bond donors (Lipinski definition) is 1. The molecular weight excluding hydrogens is 270 g/mol. The van der Waals surface area contributed by atoms with Gasteiger partial charge >= 0.3 is 0 Å². The van der Waals surface area contributed by atoms with E-state index in [0.29, 0.717) is 11.6 Å². The summed E-state index contributed by atoms with van der Waals surface area (Å²) in [5, 5.41) is 4.12. The van der Waals surface area contributed by atoms with Crippen LogP contribution < -0.4 is 5.32 Å². The number of ketones is 1. The van der Waals surface area contributed by atoms with Crippen LogP contribution in [0.2, 0.25) is 5.02 Å². The average molecular weight is 296 g/mol. The van der Waals surface area contributed by atoms with Crippen LogP contribution in [0.1, 0.15) is 46.1 Å². The van der Waals surface area contributed by atoms with Gasteiger partial charge < -0.3 is 5.32 Å². The first-order valence-electron chi connectivity index (χ1n) is 7.20. The summed E-state index contributed by atoms with van der Waals surface area (Å²) >= 11 is 5.92. The van der Waals surface area contributed by atoms with Gasteiger partial charge in [0.15, 0.2) is 0 Å². The highest BCUT2D eigenvalue weighted by Gasteiger charge is 2.23.